The standard InChI is InChI=1S/C23H26BrNO4/c1-13-8-9-15(11-17(13)24)21-20(23(27)29-12-16-5-4-10-28-16)14(2)25-18-6-3-7-19(26)22(18)21/h8-9,11,16,21,25H,3-7,10,12H2,1-2H3/t16-,21-/m1/s1. The molecule has 4 rings (SSSR count). The summed E-state index contributed by atoms with van der Waals surface area (Å²) in [6, 6.07) is 6.03. The molecule has 0 amide bonds. The van der Waals surface area contributed by atoms with Crippen LogP contribution < -0.4 is 5.32 Å². The predicted octanol–water partition coefficient (Wildman–Crippen LogP) is 4.45. The van der Waals surface area contributed by atoms with Gasteiger partial charge in [0.1, 0.15) is 6.61 Å². The molecule has 1 N–H and O–H groups in total. The molecule has 0 bridgehead atoms. The average Bonchev–Trinajstić information content (AvgIpc) is 3.21. The molecule has 1 aromatic rings. The van der Waals surface area contributed by atoms with Crippen molar-refractivity contribution >= 4 is 27.7 Å². The Morgan fingerprint density at radius 3 is 2.83 bits per heavy atom. The second kappa shape index (κ2) is 8.44. The molecule has 1 aliphatic carbocycles. The van der Waals surface area contributed by atoms with Gasteiger partial charge in [0.25, 0.3) is 0 Å². The Labute approximate surface area is 179 Å². The van der Waals surface area contributed by atoms with Crippen molar-refractivity contribution in [2.24, 2.45) is 0 Å². The zero-order valence-electron chi connectivity index (χ0n) is 16.8. The number of nitrogens with one attached hydrogen (secondary N) is 1. The number of esters is 1. The van der Waals surface area contributed by atoms with Gasteiger partial charge in [-0.15, -0.1) is 0 Å². The SMILES string of the molecule is CC1=C(C(=O)OC[C@H]2CCCO2)[C@@H](c2ccc(C)c(Br)c2)C2=C(CCCC2=O)N1. The number of rotatable bonds is 4. The van der Waals surface area contributed by atoms with Crippen molar-refractivity contribution in [1.29, 1.82) is 0 Å². The maximum absolute atomic E-state index is 13.2. The number of carbonyl (C=O) groups excluding carboxylic acids is 2. The molecular formula is C23H26BrNO4. The lowest BCUT2D eigenvalue weighted by Crippen LogP contribution is -2.35. The minimum absolute atomic E-state index is 0.0329. The summed E-state index contributed by atoms with van der Waals surface area (Å²) >= 11 is 3.60. The van der Waals surface area contributed by atoms with Gasteiger partial charge in [0.2, 0.25) is 0 Å². The number of hydrogen-bond acceptors (Lipinski definition) is 5. The van der Waals surface area contributed by atoms with Crippen LogP contribution in [0.1, 0.15) is 56.1 Å². The van der Waals surface area contributed by atoms with E-state index in [2.05, 4.69) is 21.2 Å². The first-order chi connectivity index (χ1) is 14.0. The third kappa shape index (κ3) is 4.05. The van der Waals surface area contributed by atoms with Crippen molar-refractivity contribution in [2.45, 2.75) is 58.0 Å². The Morgan fingerprint density at radius 1 is 1.28 bits per heavy atom. The monoisotopic (exact) mass is 459 g/mol. The molecule has 2 atom stereocenters. The highest BCUT2D eigenvalue weighted by molar-refractivity contribution is 9.10. The van der Waals surface area contributed by atoms with Gasteiger partial charge in [0.05, 0.1) is 11.7 Å². The highest BCUT2D eigenvalue weighted by atomic mass is 79.9. The first-order valence-electron chi connectivity index (χ1n) is 10.2. The summed E-state index contributed by atoms with van der Waals surface area (Å²) in [6.45, 7) is 4.88. The summed E-state index contributed by atoms with van der Waals surface area (Å²) < 4.78 is 12.2. The zero-order chi connectivity index (χ0) is 20.5. The predicted molar refractivity (Wildman–Crippen MR) is 113 cm³/mol. The van der Waals surface area contributed by atoms with Crippen LogP contribution in [0.5, 0.6) is 0 Å². The van der Waals surface area contributed by atoms with E-state index < -0.39 is 5.92 Å². The fourth-order valence-electron chi connectivity index (χ4n) is 4.40. The Hall–Kier alpha value is -1.92. The first-order valence-corrected chi connectivity index (χ1v) is 11.0. The molecule has 3 aliphatic rings. The molecule has 6 heteroatoms. The van der Waals surface area contributed by atoms with Gasteiger partial charge in [0, 0.05) is 40.4 Å². The Balaban J connectivity index is 1.71. The number of dihydropyridines is 1. The lowest BCUT2D eigenvalue weighted by molar-refractivity contribution is -0.142. The van der Waals surface area contributed by atoms with Crippen LogP contribution in [-0.2, 0) is 19.1 Å². The van der Waals surface area contributed by atoms with Crippen molar-refractivity contribution in [3.63, 3.8) is 0 Å². The smallest absolute Gasteiger partial charge is 0.336 e. The Morgan fingerprint density at radius 2 is 2.10 bits per heavy atom. The van der Waals surface area contributed by atoms with E-state index in [1.54, 1.807) is 0 Å². The molecule has 2 aliphatic heterocycles. The maximum Gasteiger partial charge on any atom is 0.336 e. The normalized spacial score (nSPS) is 24.4. The third-order valence-electron chi connectivity index (χ3n) is 5.95. The van der Waals surface area contributed by atoms with Crippen LogP contribution in [0.25, 0.3) is 0 Å². The van der Waals surface area contributed by atoms with E-state index in [0.29, 0.717) is 17.6 Å². The topological polar surface area (TPSA) is 64.6 Å². The third-order valence-corrected chi connectivity index (χ3v) is 6.80. The van der Waals surface area contributed by atoms with Gasteiger partial charge in [-0.2, -0.15) is 0 Å². The number of allylic oxidation sites excluding steroid dienone is 3. The highest BCUT2D eigenvalue weighted by Gasteiger charge is 2.39. The van der Waals surface area contributed by atoms with Crippen molar-refractivity contribution < 1.29 is 19.1 Å². The van der Waals surface area contributed by atoms with Crippen molar-refractivity contribution in [2.75, 3.05) is 13.2 Å². The van der Waals surface area contributed by atoms with Crippen LogP contribution in [-0.4, -0.2) is 31.1 Å². The quantitative estimate of drug-likeness (QED) is 0.673. The number of halogens is 1. The van der Waals surface area contributed by atoms with Crippen LogP contribution >= 0.6 is 15.9 Å². The fraction of sp³-hybridized carbons (Fsp3) is 0.478. The van der Waals surface area contributed by atoms with Gasteiger partial charge in [-0.25, -0.2) is 4.79 Å². The van der Waals surface area contributed by atoms with E-state index in [0.717, 1.165) is 59.3 Å². The zero-order valence-corrected chi connectivity index (χ0v) is 18.4. The molecule has 2 heterocycles. The van der Waals surface area contributed by atoms with Crippen LogP contribution in [0.4, 0.5) is 0 Å². The van der Waals surface area contributed by atoms with Gasteiger partial charge in [-0.1, -0.05) is 28.1 Å². The van der Waals surface area contributed by atoms with E-state index in [-0.39, 0.29) is 24.5 Å². The van der Waals surface area contributed by atoms with Crippen LogP contribution in [0, 0.1) is 6.92 Å². The van der Waals surface area contributed by atoms with Crippen LogP contribution in [0.2, 0.25) is 0 Å². The molecule has 0 aromatic heterocycles. The van der Waals surface area contributed by atoms with Gasteiger partial charge in [-0.05, 0) is 56.7 Å². The molecule has 1 fully saturated rings. The first kappa shape index (κ1) is 20.4. The summed E-state index contributed by atoms with van der Waals surface area (Å²) in [5.74, 6) is -0.678. The van der Waals surface area contributed by atoms with Gasteiger partial charge in [-0.3, -0.25) is 4.79 Å². The van der Waals surface area contributed by atoms with Gasteiger partial charge < -0.3 is 14.8 Å². The Kier molecular flexibility index (Phi) is 5.93. The second-order valence-corrected chi connectivity index (χ2v) is 8.86. The molecule has 5 nitrogen and oxygen atoms in total. The number of carbonyl (C=O) groups is 2. The summed E-state index contributed by atoms with van der Waals surface area (Å²) in [7, 11) is 0. The van der Waals surface area contributed by atoms with Crippen molar-refractivity contribution in [3.8, 4) is 0 Å². The average molecular weight is 460 g/mol. The molecule has 0 spiro atoms. The number of aryl methyl sites for hydroxylation is 1. The lowest BCUT2D eigenvalue weighted by atomic mass is 9.75. The largest absolute Gasteiger partial charge is 0.459 e. The molecular weight excluding hydrogens is 434 g/mol. The van der Waals surface area contributed by atoms with Crippen molar-refractivity contribution in [1.82, 2.24) is 5.32 Å². The Bertz CT molecular complexity index is 911. The van der Waals surface area contributed by atoms with E-state index in [1.165, 1.54) is 0 Å². The number of ether oxygens (including phenoxy) is 2. The number of hydrogen-bond donors (Lipinski definition) is 1. The van der Waals surface area contributed by atoms with Crippen LogP contribution in [0.3, 0.4) is 0 Å². The molecule has 154 valence electrons. The number of benzene rings is 1. The van der Waals surface area contributed by atoms with Gasteiger partial charge >= 0.3 is 5.97 Å². The molecule has 29 heavy (non-hydrogen) atoms. The summed E-state index contributed by atoms with van der Waals surface area (Å²) in [4.78, 5) is 26.1. The number of Topliss-reactive ketones (excluding diaryl/α,β-unsaturated/α-hetero) is 1. The summed E-state index contributed by atoms with van der Waals surface area (Å²) in [6.07, 6.45) is 4.04. The number of ketones is 1. The minimum Gasteiger partial charge on any atom is -0.459 e. The van der Waals surface area contributed by atoms with Crippen molar-refractivity contribution in [3.05, 3.63) is 56.3 Å². The molecule has 0 saturated carbocycles. The summed E-state index contributed by atoms with van der Waals surface area (Å²) in [5.41, 5.74) is 4.97. The molecule has 1 saturated heterocycles. The van der Waals surface area contributed by atoms with Gasteiger partial charge in [0.15, 0.2) is 5.78 Å². The maximum atomic E-state index is 13.2. The molecule has 0 radical (unpaired) electrons. The highest BCUT2D eigenvalue weighted by Crippen LogP contribution is 2.43. The van der Waals surface area contributed by atoms with E-state index in [1.807, 2.05) is 32.0 Å². The minimum atomic E-state index is -0.409. The lowest BCUT2D eigenvalue weighted by Gasteiger charge is -2.34. The van der Waals surface area contributed by atoms with E-state index in [4.69, 9.17) is 9.47 Å². The summed E-state index contributed by atoms with van der Waals surface area (Å²) in [5, 5.41) is 3.33. The van der Waals surface area contributed by atoms with Crippen LogP contribution in [0.15, 0.2) is 45.2 Å². The molecule has 1 aromatic carbocycles. The second-order valence-electron chi connectivity index (χ2n) is 8.01. The molecule has 0 unspecified atom stereocenters. The van der Waals surface area contributed by atoms with E-state index in [9.17, 15) is 9.59 Å². The fourth-order valence-corrected chi connectivity index (χ4v) is 4.79. The van der Waals surface area contributed by atoms with E-state index >= 15 is 0 Å².